The quantitative estimate of drug-likeness (QED) is 0.159. The summed E-state index contributed by atoms with van der Waals surface area (Å²) in [5.41, 5.74) is 2.44. The molecule has 1 heteroatoms. The fourth-order valence-corrected chi connectivity index (χ4v) is 5.02. The summed E-state index contributed by atoms with van der Waals surface area (Å²) >= 11 is 1.81. The van der Waals surface area contributed by atoms with Crippen LogP contribution in [-0.2, 0) is 0 Å². The third-order valence-electron chi connectivity index (χ3n) is 5.70. The molecule has 29 heavy (non-hydrogen) atoms. The standard InChI is InChI=1S/C28H18S/c1-2-4-19(5-3-1)6-7-20-8-9-21-18-27-22(17-23(21)16-20)10-11-24-25(27)12-13-28-26(24)14-15-29-28/h1-18H/b7-6+. The van der Waals surface area contributed by atoms with Gasteiger partial charge >= 0.3 is 0 Å². The Labute approximate surface area is 173 Å². The van der Waals surface area contributed by atoms with Crippen LogP contribution in [0.25, 0.3) is 54.6 Å². The number of rotatable bonds is 2. The summed E-state index contributed by atoms with van der Waals surface area (Å²) in [5.74, 6) is 0. The van der Waals surface area contributed by atoms with Crippen molar-refractivity contribution in [1.29, 1.82) is 0 Å². The van der Waals surface area contributed by atoms with E-state index in [-0.39, 0.29) is 0 Å². The van der Waals surface area contributed by atoms with Gasteiger partial charge in [0.1, 0.15) is 0 Å². The molecule has 0 N–H and O–H groups in total. The maximum absolute atomic E-state index is 2.34. The molecular weight excluding hydrogens is 368 g/mol. The van der Waals surface area contributed by atoms with Gasteiger partial charge in [0, 0.05) is 10.1 Å². The van der Waals surface area contributed by atoms with E-state index in [0.29, 0.717) is 0 Å². The highest BCUT2D eigenvalue weighted by molar-refractivity contribution is 7.17. The molecular formula is C28H18S. The summed E-state index contributed by atoms with van der Waals surface area (Å²) in [5, 5.41) is 11.4. The zero-order chi connectivity index (χ0) is 19.2. The van der Waals surface area contributed by atoms with Gasteiger partial charge in [0.05, 0.1) is 0 Å². The third kappa shape index (κ3) is 2.83. The zero-order valence-corrected chi connectivity index (χ0v) is 16.6. The molecule has 0 spiro atoms. The average molecular weight is 387 g/mol. The van der Waals surface area contributed by atoms with Crippen LogP contribution in [-0.4, -0.2) is 0 Å². The molecule has 0 aliphatic rings. The smallest absolute Gasteiger partial charge is 0.0349 e. The second-order valence-corrected chi connectivity index (χ2v) is 8.43. The number of benzene rings is 5. The molecule has 1 aromatic heterocycles. The van der Waals surface area contributed by atoms with Crippen LogP contribution in [0.1, 0.15) is 11.1 Å². The molecule has 0 bridgehead atoms. The summed E-state index contributed by atoms with van der Waals surface area (Å²) in [4.78, 5) is 0. The first-order chi connectivity index (χ1) is 14.3. The minimum absolute atomic E-state index is 1.22. The van der Waals surface area contributed by atoms with Crippen molar-refractivity contribution >= 4 is 65.9 Å². The minimum atomic E-state index is 1.22. The first kappa shape index (κ1) is 16.5. The van der Waals surface area contributed by atoms with E-state index in [1.807, 2.05) is 17.4 Å². The van der Waals surface area contributed by atoms with Crippen LogP contribution < -0.4 is 0 Å². The highest BCUT2D eigenvalue weighted by atomic mass is 32.1. The Morgan fingerprint density at radius 1 is 0.483 bits per heavy atom. The lowest BCUT2D eigenvalue weighted by molar-refractivity contribution is 1.66. The second kappa shape index (κ2) is 6.58. The predicted molar refractivity (Wildman–Crippen MR) is 130 cm³/mol. The van der Waals surface area contributed by atoms with Crippen LogP contribution in [0.15, 0.2) is 96.4 Å². The Morgan fingerprint density at radius 2 is 1.28 bits per heavy atom. The summed E-state index contributed by atoms with van der Waals surface area (Å²) < 4.78 is 1.35. The first-order valence-corrected chi connectivity index (χ1v) is 10.7. The van der Waals surface area contributed by atoms with Gasteiger partial charge < -0.3 is 0 Å². The van der Waals surface area contributed by atoms with Gasteiger partial charge in [0.2, 0.25) is 0 Å². The summed E-state index contributed by atoms with van der Waals surface area (Å²) in [7, 11) is 0. The predicted octanol–water partition coefficient (Wildman–Crippen LogP) is 8.53. The normalized spacial score (nSPS) is 12.0. The number of hydrogen-bond acceptors (Lipinski definition) is 1. The molecule has 0 radical (unpaired) electrons. The average Bonchev–Trinajstić information content (AvgIpc) is 3.26. The summed E-state index contributed by atoms with van der Waals surface area (Å²) in [6, 6.07) is 33.1. The lowest BCUT2D eigenvalue weighted by Gasteiger charge is -2.08. The van der Waals surface area contributed by atoms with E-state index < -0.39 is 0 Å². The van der Waals surface area contributed by atoms with Crippen LogP contribution in [0.4, 0.5) is 0 Å². The molecule has 0 amide bonds. The molecule has 0 fully saturated rings. The SMILES string of the molecule is C(=C\c1ccc2cc3c(ccc4c5ccsc5ccc34)cc2c1)/c1ccccc1. The molecule has 1 heterocycles. The first-order valence-electron chi connectivity index (χ1n) is 9.85. The van der Waals surface area contributed by atoms with Crippen molar-refractivity contribution < 1.29 is 0 Å². The van der Waals surface area contributed by atoms with E-state index in [1.165, 1.54) is 53.5 Å². The van der Waals surface area contributed by atoms with Gasteiger partial charge in [-0.2, -0.15) is 0 Å². The maximum atomic E-state index is 2.34. The summed E-state index contributed by atoms with van der Waals surface area (Å²) in [6.45, 7) is 0. The van der Waals surface area contributed by atoms with Crippen molar-refractivity contribution in [3.8, 4) is 0 Å². The lowest BCUT2D eigenvalue weighted by Crippen LogP contribution is -1.81. The molecule has 0 atom stereocenters. The van der Waals surface area contributed by atoms with Crippen molar-refractivity contribution in [1.82, 2.24) is 0 Å². The van der Waals surface area contributed by atoms with Crippen LogP contribution in [0.5, 0.6) is 0 Å². The Bertz CT molecular complexity index is 1530. The number of hydrogen-bond donors (Lipinski definition) is 0. The fraction of sp³-hybridized carbons (Fsp3) is 0. The molecule has 0 saturated heterocycles. The highest BCUT2D eigenvalue weighted by Gasteiger charge is 2.07. The molecule has 0 nitrogen and oxygen atoms in total. The largest absolute Gasteiger partial charge is 0.144 e. The summed E-state index contributed by atoms with van der Waals surface area (Å²) in [6.07, 6.45) is 4.36. The van der Waals surface area contributed by atoms with E-state index in [0.717, 1.165) is 0 Å². The van der Waals surface area contributed by atoms with Gasteiger partial charge in [0.25, 0.3) is 0 Å². The van der Waals surface area contributed by atoms with Gasteiger partial charge in [-0.3, -0.25) is 0 Å². The van der Waals surface area contributed by atoms with E-state index in [4.69, 9.17) is 0 Å². The topological polar surface area (TPSA) is 0 Å². The van der Waals surface area contributed by atoms with Gasteiger partial charge in [-0.1, -0.05) is 72.8 Å². The van der Waals surface area contributed by atoms with Gasteiger partial charge in [-0.15, -0.1) is 11.3 Å². The fourth-order valence-electron chi connectivity index (χ4n) is 4.22. The monoisotopic (exact) mass is 386 g/mol. The molecule has 0 aliphatic carbocycles. The van der Waals surface area contributed by atoms with Crippen molar-refractivity contribution in [3.05, 3.63) is 108 Å². The van der Waals surface area contributed by atoms with Crippen LogP contribution in [0.3, 0.4) is 0 Å². The Kier molecular flexibility index (Phi) is 3.75. The molecule has 0 saturated carbocycles. The molecule has 6 aromatic rings. The van der Waals surface area contributed by atoms with E-state index in [9.17, 15) is 0 Å². The Hall–Kier alpha value is -3.42. The molecule has 0 unspecified atom stereocenters. The van der Waals surface area contributed by atoms with Gasteiger partial charge in [-0.05, 0) is 79.2 Å². The van der Waals surface area contributed by atoms with Crippen LogP contribution in [0.2, 0.25) is 0 Å². The lowest BCUT2D eigenvalue weighted by atomic mass is 9.96. The Balaban J connectivity index is 1.51. The molecule has 136 valence electrons. The van der Waals surface area contributed by atoms with E-state index in [1.54, 1.807) is 0 Å². The van der Waals surface area contributed by atoms with Gasteiger partial charge in [-0.25, -0.2) is 0 Å². The Morgan fingerprint density at radius 3 is 2.21 bits per heavy atom. The van der Waals surface area contributed by atoms with Crippen LogP contribution >= 0.6 is 11.3 Å². The number of fused-ring (bicyclic) bond motifs is 6. The van der Waals surface area contributed by atoms with Gasteiger partial charge in [0.15, 0.2) is 0 Å². The van der Waals surface area contributed by atoms with Crippen LogP contribution in [0, 0.1) is 0 Å². The molecule has 5 aromatic carbocycles. The van der Waals surface area contributed by atoms with Crippen molar-refractivity contribution in [2.75, 3.05) is 0 Å². The zero-order valence-electron chi connectivity index (χ0n) is 15.8. The number of thiophene rings is 1. The third-order valence-corrected chi connectivity index (χ3v) is 6.58. The molecule has 0 aliphatic heterocycles. The highest BCUT2D eigenvalue weighted by Crippen LogP contribution is 2.35. The van der Waals surface area contributed by atoms with E-state index >= 15 is 0 Å². The minimum Gasteiger partial charge on any atom is -0.144 e. The van der Waals surface area contributed by atoms with Crippen molar-refractivity contribution in [2.45, 2.75) is 0 Å². The second-order valence-electron chi connectivity index (χ2n) is 7.48. The van der Waals surface area contributed by atoms with Crippen molar-refractivity contribution in [2.24, 2.45) is 0 Å². The maximum Gasteiger partial charge on any atom is 0.0349 e. The molecule has 6 rings (SSSR count). The van der Waals surface area contributed by atoms with E-state index in [2.05, 4.69) is 102 Å². The van der Waals surface area contributed by atoms with Crippen molar-refractivity contribution in [3.63, 3.8) is 0 Å².